The van der Waals surface area contributed by atoms with Crippen molar-refractivity contribution in [2.45, 2.75) is 97.9 Å². The molecule has 0 bridgehead atoms. The first-order valence-electron chi connectivity index (χ1n) is 11.4. The van der Waals surface area contributed by atoms with E-state index in [0.29, 0.717) is 13.1 Å². The van der Waals surface area contributed by atoms with E-state index in [1.54, 1.807) is 4.90 Å². The van der Waals surface area contributed by atoms with Crippen LogP contribution in [0.15, 0.2) is 18.2 Å². The lowest BCUT2D eigenvalue weighted by molar-refractivity contribution is 0.00644. The number of hydrogen-bond acceptors (Lipinski definition) is 5. The zero-order chi connectivity index (χ0) is 24.3. The average Bonchev–Trinajstić information content (AvgIpc) is 2.96. The largest absolute Gasteiger partial charge is 0.444 e. The van der Waals surface area contributed by atoms with Gasteiger partial charge < -0.3 is 19.7 Å². The quantitative estimate of drug-likeness (QED) is 0.610. The van der Waals surface area contributed by atoms with Crippen LogP contribution in [0.5, 0.6) is 0 Å². The van der Waals surface area contributed by atoms with Crippen LogP contribution in [0.4, 0.5) is 15.3 Å². The number of hydrogen-bond donors (Lipinski definition) is 2. The van der Waals surface area contributed by atoms with E-state index in [-0.39, 0.29) is 17.7 Å². The van der Waals surface area contributed by atoms with Crippen molar-refractivity contribution in [3.05, 3.63) is 29.3 Å². The molecule has 0 fully saturated rings. The van der Waals surface area contributed by atoms with E-state index in [4.69, 9.17) is 9.47 Å². The van der Waals surface area contributed by atoms with Gasteiger partial charge in [-0.15, -0.1) is 0 Å². The highest BCUT2D eigenvalue weighted by Gasteiger charge is 2.31. The standard InChI is InChI=1S/C25H41N3O4/c1-23(2,3)28(22(30)32-25(7,8)9)15-14-26-20-13-10-17-16-18(11-12-19(17)20)27-21(29)31-24(4,5)6/h11-12,16,20,26H,10,13-15H2,1-9H3,(H,27,29). The van der Waals surface area contributed by atoms with Gasteiger partial charge in [0.2, 0.25) is 0 Å². The van der Waals surface area contributed by atoms with Gasteiger partial charge >= 0.3 is 12.2 Å². The van der Waals surface area contributed by atoms with Crippen molar-refractivity contribution in [1.29, 1.82) is 0 Å². The molecule has 1 atom stereocenters. The van der Waals surface area contributed by atoms with E-state index in [0.717, 1.165) is 18.5 Å². The Hall–Kier alpha value is -2.28. The predicted octanol–water partition coefficient (Wildman–Crippen LogP) is 5.65. The predicted molar refractivity (Wildman–Crippen MR) is 128 cm³/mol. The highest BCUT2D eigenvalue weighted by atomic mass is 16.6. The lowest BCUT2D eigenvalue weighted by Gasteiger charge is -2.37. The first-order valence-corrected chi connectivity index (χ1v) is 11.4. The number of nitrogens with zero attached hydrogens (tertiary/aromatic N) is 1. The van der Waals surface area contributed by atoms with Gasteiger partial charge in [-0.3, -0.25) is 5.32 Å². The van der Waals surface area contributed by atoms with Crippen LogP contribution in [0, 0.1) is 0 Å². The number of benzene rings is 1. The molecular weight excluding hydrogens is 406 g/mol. The average molecular weight is 448 g/mol. The van der Waals surface area contributed by atoms with Gasteiger partial charge in [-0.1, -0.05) is 6.07 Å². The van der Waals surface area contributed by atoms with Crippen LogP contribution in [0.1, 0.15) is 85.9 Å². The molecule has 0 heterocycles. The Kier molecular flexibility index (Phi) is 7.87. The zero-order valence-electron chi connectivity index (χ0n) is 21.2. The minimum absolute atomic E-state index is 0.223. The number of nitrogens with one attached hydrogen (secondary N) is 2. The van der Waals surface area contributed by atoms with E-state index in [1.807, 2.05) is 74.4 Å². The van der Waals surface area contributed by atoms with Crippen LogP contribution in [0.3, 0.4) is 0 Å². The summed E-state index contributed by atoms with van der Waals surface area (Å²) in [4.78, 5) is 26.5. The van der Waals surface area contributed by atoms with Gasteiger partial charge in [-0.2, -0.15) is 0 Å². The molecule has 32 heavy (non-hydrogen) atoms. The van der Waals surface area contributed by atoms with Crippen molar-refractivity contribution in [2.75, 3.05) is 18.4 Å². The molecule has 180 valence electrons. The summed E-state index contributed by atoms with van der Waals surface area (Å²) in [6.45, 7) is 18.4. The second kappa shape index (κ2) is 9.69. The van der Waals surface area contributed by atoms with Crippen LogP contribution in [-0.4, -0.2) is 46.9 Å². The van der Waals surface area contributed by atoms with E-state index in [2.05, 4.69) is 16.7 Å². The Morgan fingerprint density at radius 1 is 1.00 bits per heavy atom. The van der Waals surface area contributed by atoms with Crippen molar-refractivity contribution >= 4 is 17.9 Å². The van der Waals surface area contributed by atoms with Crippen molar-refractivity contribution < 1.29 is 19.1 Å². The second-order valence-electron chi connectivity index (χ2n) is 11.4. The van der Waals surface area contributed by atoms with Crippen LogP contribution in [0.2, 0.25) is 0 Å². The number of rotatable bonds is 5. The monoisotopic (exact) mass is 447 g/mol. The molecular formula is C25H41N3O4. The van der Waals surface area contributed by atoms with E-state index in [9.17, 15) is 9.59 Å². The van der Waals surface area contributed by atoms with Crippen LogP contribution < -0.4 is 10.6 Å². The van der Waals surface area contributed by atoms with Gasteiger partial charge in [0.25, 0.3) is 0 Å². The highest BCUT2D eigenvalue weighted by molar-refractivity contribution is 5.85. The number of carbonyl (C=O) groups excluding carboxylic acids is 2. The summed E-state index contributed by atoms with van der Waals surface area (Å²) in [6.07, 6.45) is 1.17. The van der Waals surface area contributed by atoms with E-state index < -0.39 is 17.3 Å². The number of fused-ring (bicyclic) bond motifs is 1. The van der Waals surface area contributed by atoms with Crippen molar-refractivity contribution in [2.24, 2.45) is 0 Å². The zero-order valence-corrected chi connectivity index (χ0v) is 21.2. The Morgan fingerprint density at radius 2 is 1.62 bits per heavy atom. The SMILES string of the molecule is CC(C)(C)OC(=O)Nc1ccc2c(c1)CCC2NCCN(C(=O)OC(C)(C)C)C(C)(C)C. The minimum Gasteiger partial charge on any atom is -0.444 e. The summed E-state index contributed by atoms with van der Waals surface area (Å²) in [5.74, 6) is 0. The second-order valence-corrected chi connectivity index (χ2v) is 11.4. The first-order chi connectivity index (χ1) is 14.5. The fourth-order valence-electron chi connectivity index (χ4n) is 3.70. The maximum Gasteiger partial charge on any atom is 0.412 e. The van der Waals surface area contributed by atoms with Crippen molar-refractivity contribution in [3.8, 4) is 0 Å². The maximum atomic E-state index is 12.7. The third-order valence-corrected chi connectivity index (χ3v) is 5.02. The molecule has 7 heteroatoms. The topological polar surface area (TPSA) is 79.9 Å². The maximum absolute atomic E-state index is 12.7. The number of amides is 2. The molecule has 7 nitrogen and oxygen atoms in total. The van der Waals surface area contributed by atoms with Gasteiger partial charge in [0, 0.05) is 30.4 Å². The number of ether oxygens (including phenoxy) is 2. The van der Waals surface area contributed by atoms with Gasteiger partial charge in [-0.05, 0) is 98.4 Å². The summed E-state index contributed by atoms with van der Waals surface area (Å²) in [5, 5.41) is 6.40. The summed E-state index contributed by atoms with van der Waals surface area (Å²) < 4.78 is 10.9. The van der Waals surface area contributed by atoms with Gasteiger partial charge in [0.05, 0.1) is 0 Å². The molecule has 2 amide bonds. The third-order valence-electron chi connectivity index (χ3n) is 5.02. The molecule has 0 aromatic heterocycles. The summed E-state index contributed by atoms with van der Waals surface area (Å²) in [7, 11) is 0. The van der Waals surface area contributed by atoms with Gasteiger partial charge in [0.1, 0.15) is 11.2 Å². The molecule has 1 aliphatic carbocycles. The molecule has 0 saturated carbocycles. The Morgan fingerprint density at radius 3 is 2.19 bits per heavy atom. The van der Waals surface area contributed by atoms with Crippen LogP contribution in [-0.2, 0) is 15.9 Å². The molecule has 1 aromatic rings. The lowest BCUT2D eigenvalue weighted by Crippen LogP contribution is -2.50. The first kappa shape index (κ1) is 26.0. The van der Waals surface area contributed by atoms with Gasteiger partial charge in [0.15, 0.2) is 0 Å². The molecule has 0 saturated heterocycles. The molecule has 2 rings (SSSR count). The molecule has 0 radical (unpaired) electrons. The third kappa shape index (κ3) is 8.01. The fraction of sp³-hybridized carbons (Fsp3) is 0.680. The Bertz CT molecular complexity index is 816. The summed E-state index contributed by atoms with van der Waals surface area (Å²) >= 11 is 0. The fourth-order valence-corrected chi connectivity index (χ4v) is 3.70. The van der Waals surface area contributed by atoms with Crippen LogP contribution in [0.25, 0.3) is 0 Å². The highest BCUT2D eigenvalue weighted by Crippen LogP contribution is 2.33. The molecule has 0 aliphatic heterocycles. The number of carbonyl (C=O) groups is 2. The lowest BCUT2D eigenvalue weighted by atomic mass is 10.1. The summed E-state index contributed by atoms with van der Waals surface area (Å²) in [6, 6.07) is 6.21. The smallest absolute Gasteiger partial charge is 0.412 e. The number of aryl methyl sites for hydroxylation is 1. The van der Waals surface area contributed by atoms with E-state index >= 15 is 0 Å². The van der Waals surface area contributed by atoms with Crippen molar-refractivity contribution in [1.82, 2.24) is 10.2 Å². The Labute approximate surface area is 193 Å². The Balaban J connectivity index is 1.96. The van der Waals surface area contributed by atoms with E-state index in [1.165, 1.54) is 11.1 Å². The molecule has 1 unspecified atom stereocenters. The van der Waals surface area contributed by atoms with Gasteiger partial charge in [-0.25, -0.2) is 9.59 Å². The van der Waals surface area contributed by atoms with Crippen molar-refractivity contribution in [3.63, 3.8) is 0 Å². The molecule has 2 N–H and O–H groups in total. The van der Waals surface area contributed by atoms with Crippen LogP contribution >= 0.6 is 0 Å². The molecule has 1 aromatic carbocycles. The molecule has 0 spiro atoms. The number of anilines is 1. The molecule has 1 aliphatic rings. The summed E-state index contributed by atoms with van der Waals surface area (Å²) in [5.41, 5.74) is 1.80. The normalized spacial score (nSPS) is 16.3. The minimum atomic E-state index is -0.532.